The van der Waals surface area contributed by atoms with Crippen molar-refractivity contribution in [3.05, 3.63) is 24.5 Å². The van der Waals surface area contributed by atoms with E-state index >= 15 is 0 Å². The number of aromatic nitrogens is 1. The summed E-state index contributed by atoms with van der Waals surface area (Å²) >= 11 is 0. The fraction of sp³-hybridized carbons (Fsp3) is 0.722. The van der Waals surface area contributed by atoms with Gasteiger partial charge in [-0.2, -0.15) is 4.57 Å². The van der Waals surface area contributed by atoms with Gasteiger partial charge in [0.1, 0.15) is 5.69 Å². The van der Waals surface area contributed by atoms with Crippen molar-refractivity contribution in [2.24, 2.45) is 17.8 Å². The highest BCUT2D eigenvalue weighted by Crippen LogP contribution is 2.35. The molecule has 0 saturated heterocycles. The highest BCUT2D eigenvalue weighted by molar-refractivity contribution is 5.39. The van der Waals surface area contributed by atoms with Gasteiger partial charge in [0.05, 0.1) is 6.10 Å². The number of hydrogen-bond donors (Lipinski definition) is 0. The van der Waals surface area contributed by atoms with Gasteiger partial charge in [-0.1, -0.05) is 27.2 Å². The molecule has 0 spiro atoms. The molecule has 1 saturated carbocycles. The number of pyridine rings is 1. The Hall–Kier alpha value is -1.09. The fourth-order valence-electron chi connectivity index (χ4n) is 3.34. The predicted octanol–water partition coefficient (Wildman–Crippen LogP) is 3.48. The largest absolute Gasteiger partial charge is 0.373 e. The minimum Gasteiger partial charge on any atom is -0.373 e. The maximum absolute atomic E-state index is 6.29. The number of nitrogens with zero attached hydrogens (tertiary/aromatic N) is 2. The SMILES string of the molecule is CC(C)[C@@H]1CC[C@@H](C)C[C@H]1OC[n+]1cccc(N(C)C)c1. The van der Waals surface area contributed by atoms with Crippen LogP contribution in [0.15, 0.2) is 24.5 Å². The molecule has 0 amide bonds. The summed E-state index contributed by atoms with van der Waals surface area (Å²) in [4.78, 5) is 2.12. The standard InChI is InChI=1S/C18H31N2O/c1-14(2)17-9-8-15(3)11-18(17)21-13-20-10-6-7-16(12-20)19(4)5/h6-7,10,12,14-15,17-18H,8-9,11,13H2,1-5H3/q+1/t15-,17+,18-/m1/s1. The van der Waals surface area contributed by atoms with E-state index in [1.54, 1.807) is 0 Å². The molecule has 1 fully saturated rings. The quantitative estimate of drug-likeness (QED) is 0.772. The Morgan fingerprint density at radius 1 is 1.33 bits per heavy atom. The van der Waals surface area contributed by atoms with Gasteiger partial charge >= 0.3 is 0 Å². The van der Waals surface area contributed by atoms with E-state index in [9.17, 15) is 0 Å². The van der Waals surface area contributed by atoms with E-state index in [0.717, 1.165) is 5.92 Å². The molecule has 0 bridgehead atoms. The van der Waals surface area contributed by atoms with Gasteiger partial charge in [0.2, 0.25) is 0 Å². The van der Waals surface area contributed by atoms with Crippen LogP contribution in [0.5, 0.6) is 0 Å². The third kappa shape index (κ3) is 4.44. The number of rotatable bonds is 5. The zero-order valence-corrected chi connectivity index (χ0v) is 14.2. The molecule has 3 heteroatoms. The first-order valence-corrected chi connectivity index (χ1v) is 8.25. The summed E-state index contributed by atoms with van der Waals surface area (Å²) in [7, 11) is 4.14. The van der Waals surface area contributed by atoms with Gasteiger partial charge in [-0.05, 0) is 36.7 Å². The summed E-state index contributed by atoms with van der Waals surface area (Å²) in [5.74, 6) is 2.21. The van der Waals surface area contributed by atoms with Gasteiger partial charge in [0.15, 0.2) is 12.4 Å². The van der Waals surface area contributed by atoms with Crippen LogP contribution in [-0.4, -0.2) is 20.2 Å². The lowest BCUT2D eigenvalue weighted by Gasteiger charge is -2.36. The summed E-state index contributed by atoms with van der Waals surface area (Å²) in [6.07, 6.45) is 8.51. The molecular formula is C18H31N2O+. The molecule has 1 aromatic heterocycles. The first-order chi connectivity index (χ1) is 9.97. The van der Waals surface area contributed by atoms with Gasteiger partial charge in [0.25, 0.3) is 6.73 Å². The van der Waals surface area contributed by atoms with Crippen LogP contribution in [0.3, 0.4) is 0 Å². The average Bonchev–Trinajstić information content (AvgIpc) is 2.45. The maximum Gasteiger partial charge on any atom is 0.252 e. The number of anilines is 1. The summed E-state index contributed by atoms with van der Waals surface area (Å²) in [5, 5.41) is 0. The fourth-order valence-corrected chi connectivity index (χ4v) is 3.34. The molecule has 21 heavy (non-hydrogen) atoms. The zero-order chi connectivity index (χ0) is 15.4. The Bertz CT molecular complexity index is 445. The molecule has 2 rings (SSSR count). The summed E-state index contributed by atoms with van der Waals surface area (Å²) in [6, 6.07) is 4.21. The molecule has 1 aliphatic rings. The molecule has 0 aliphatic heterocycles. The topological polar surface area (TPSA) is 16.4 Å². The minimum atomic E-state index is 0.407. The molecule has 3 atom stereocenters. The van der Waals surface area contributed by atoms with Crippen LogP contribution in [0.2, 0.25) is 0 Å². The Kier molecular flexibility index (Phi) is 5.63. The van der Waals surface area contributed by atoms with Crippen LogP contribution < -0.4 is 9.47 Å². The normalized spacial score (nSPS) is 26.1. The monoisotopic (exact) mass is 291 g/mol. The van der Waals surface area contributed by atoms with E-state index in [4.69, 9.17) is 4.74 Å². The molecule has 3 nitrogen and oxygen atoms in total. The third-order valence-electron chi connectivity index (χ3n) is 4.76. The summed E-state index contributed by atoms with van der Waals surface area (Å²) in [6.45, 7) is 7.67. The molecule has 118 valence electrons. The van der Waals surface area contributed by atoms with Crippen LogP contribution in [0, 0.1) is 17.8 Å². The van der Waals surface area contributed by atoms with Gasteiger partial charge in [-0.3, -0.25) is 0 Å². The van der Waals surface area contributed by atoms with Gasteiger partial charge in [-0.25, -0.2) is 0 Å². The molecule has 0 N–H and O–H groups in total. The van der Waals surface area contributed by atoms with E-state index in [2.05, 4.69) is 68.9 Å². The second kappa shape index (κ2) is 7.26. The van der Waals surface area contributed by atoms with Gasteiger partial charge < -0.3 is 9.64 Å². The molecule has 0 radical (unpaired) electrons. The second-order valence-electron chi connectivity index (χ2n) is 7.13. The van der Waals surface area contributed by atoms with Crippen molar-refractivity contribution in [1.82, 2.24) is 0 Å². The lowest BCUT2D eigenvalue weighted by molar-refractivity contribution is -0.735. The Morgan fingerprint density at radius 2 is 2.10 bits per heavy atom. The van der Waals surface area contributed by atoms with E-state index in [-0.39, 0.29) is 0 Å². The first-order valence-electron chi connectivity index (χ1n) is 8.25. The summed E-state index contributed by atoms with van der Waals surface area (Å²) < 4.78 is 8.44. The van der Waals surface area contributed by atoms with E-state index in [0.29, 0.717) is 24.7 Å². The Morgan fingerprint density at radius 3 is 2.76 bits per heavy atom. The molecule has 0 aromatic carbocycles. The number of ether oxygens (including phenoxy) is 1. The molecule has 1 aromatic rings. The highest BCUT2D eigenvalue weighted by atomic mass is 16.5. The smallest absolute Gasteiger partial charge is 0.252 e. The summed E-state index contributed by atoms with van der Waals surface area (Å²) in [5.41, 5.74) is 1.21. The molecular weight excluding hydrogens is 260 g/mol. The highest BCUT2D eigenvalue weighted by Gasteiger charge is 2.32. The van der Waals surface area contributed by atoms with Gasteiger partial charge in [0, 0.05) is 20.2 Å². The zero-order valence-electron chi connectivity index (χ0n) is 14.2. The lowest BCUT2D eigenvalue weighted by atomic mass is 9.75. The molecule has 1 aliphatic carbocycles. The van der Waals surface area contributed by atoms with Crippen LogP contribution in [0.25, 0.3) is 0 Å². The minimum absolute atomic E-state index is 0.407. The maximum atomic E-state index is 6.29. The van der Waals surface area contributed by atoms with Crippen molar-refractivity contribution in [3.63, 3.8) is 0 Å². The van der Waals surface area contributed by atoms with Crippen LogP contribution in [0.4, 0.5) is 5.69 Å². The van der Waals surface area contributed by atoms with Crippen molar-refractivity contribution in [2.75, 3.05) is 19.0 Å². The van der Waals surface area contributed by atoms with Crippen molar-refractivity contribution < 1.29 is 9.30 Å². The van der Waals surface area contributed by atoms with Crippen molar-refractivity contribution in [1.29, 1.82) is 0 Å². The Labute approximate surface area is 129 Å². The molecule has 0 unspecified atom stereocenters. The van der Waals surface area contributed by atoms with E-state index in [1.807, 2.05) is 0 Å². The van der Waals surface area contributed by atoms with Crippen molar-refractivity contribution in [2.45, 2.75) is 52.9 Å². The predicted molar refractivity (Wildman–Crippen MR) is 87.2 cm³/mol. The van der Waals surface area contributed by atoms with E-state index < -0.39 is 0 Å². The molecule has 1 heterocycles. The van der Waals surface area contributed by atoms with Crippen molar-refractivity contribution in [3.8, 4) is 0 Å². The van der Waals surface area contributed by atoms with E-state index in [1.165, 1.54) is 24.9 Å². The van der Waals surface area contributed by atoms with Gasteiger partial charge in [-0.15, -0.1) is 0 Å². The lowest BCUT2D eigenvalue weighted by Crippen LogP contribution is -2.41. The first kappa shape index (κ1) is 16.3. The van der Waals surface area contributed by atoms with Crippen LogP contribution >= 0.6 is 0 Å². The third-order valence-corrected chi connectivity index (χ3v) is 4.76. The second-order valence-corrected chi connectivity index (χ2v) is 7.13. The Balaban J connectivity index is 1.98. The van der Waals surface area contributed by atoms with Crippen LogP contribution in [0.1, 0.15) is 40.0 Å². The number of hydrogen-bond acceptors (Lipinski definition) is 2. The van der Waals surface area contributed by atoms with Crippen LogP contribution in [-0.2, 0) is 11.5 Å². The average molecular weight is 291 g/mol. The van der Waals surface area contributed by atoms with Crippen molar-refractivity contribution >= 4 is 5.69 Å².